The molecule has 0 aliphatic carbocycles. The fourth-order valence-corrected chi connectivity index (χ4v) is 1.75. The van der Waals surface area contributed by atoms with Gasteiger partial charge in [0, 0.05) is 12.2 Å². The van der Waals surface area contributed by atoms with Crippen LogP contribution in [0, 0.1) is 5.41 Å². The van der Waals surface area contributed by atoms with Crippen LogP contribution in [-0.4, -0.2) is 19.1 Å². The number of halogens is 3. The third kappa shape index (κ3) is 6.03. The molecule has 0 saturated carbocycles. The molecule has 0 aliphatic heterocycles. The van der Waals surface area contributed by atoms with E-state index in [0.717, 1.165) is 18.6 Å². The zero-order valence-electron chi connectivity index (χ0n) is 12.1. The molecule has 4 N–H and O–H groups in total. The molecule has 0 heterocycles. The summed E-state index contributed by atoms with van der Waals surface area (Å²) in [7, 11) is 0. The molecule has 0 fully saturated rings. The van der Waals surface area contributed by atoms with Crippen LogP contribution in [0.25, 0.3) is 0 Å². The van der Waals surface area contributed by atoms with Crippen molar-refractivity contribution in [2.45, 2.75) is 26.4 Å². The average Bonchev–Trinajstić information content (AvgIpc) is 2.36. The molecule has 0 aliphatic rings. The van der Waals surface area contributed by atoms with Gasteiger partial charge in [-0.05, 0) is 36.6 Å². The first-order valence-corrected chi connectivity index (χ1v) is 6.56. The van der Waals surface area contributed by atoms with Gasteiger partial charge in [-0.1, -0.05) is 19.9 Å². The number of anilines is 1. The molecule has 21 heavy (non-hydrogen) atoms. The summed E-state index contributed by atoms with van der Waals surface area (Å²) >= 11 is 0. The van der Waals surface area contributed by atoms with Crippen LogP contribution < -0.4 is 16.4 Å². The van der Waals surface area contributed by atoms with Gasteiger partial charge in [0.1, 0.15) is 0 Å². The van der Waals surface area contributed by atoms with Crippen molar-refractivity contribution in [2.75, 3.05) is 18.4 Å². The summed E-state index contributed by atoms with van der Waals surface area (Å²) in [5.74, 6) is 0. The number of nitrogens with one attached hydrogen (secondary N) is 2. The zero-order valence-corrected chi connectivity index (χ0v) is 12.1. The van der Waals surface area contributed by atoms with Gasteiger partial charge in [-0.15, -0.1) is 0 Å². The third-order valence-electron chi connectivity index (χ3n) is 3.00. The summed E-state index contributed by atoms with van der Waals surface area (Å²) in [6.07, 6.45) is -3.70. The number of hydrogen-bond acceptors (Lipinski definition) is 2. The summed E-state index contributed by atoms with van der Waals surface area (Å²) in [5.41, 5.74) is 4.59. The van der Waals surface area contributed by atoms with Crippen molar-refractivity contribution in [3.8, 4) is 0 Å². The summed E-state index contributed by atoms with van der Waals surface area (Å²) in [6, 6.07) is 3.95. The number of nitrogens with two attached hydrogens (primary N) is 1. The Balaban J connectivity index is 2.60. The van der Waals surface area contributed by atoms with Crippen LogP contribution in [0.3, 0.4) is 0 Å². The Morgan fingerprint density at radius 1 is 1.29 bits per heavy atom. The van der Waals surface area contributed by atoms with Crippen molar-refractivity contribution in [1.82, 2.24) is 5.32 Å². The van der Waals surface area contributed by atoms with E-state index in [9.17, 15) is 18.0 Å². The molecule has 0 spiro atoms. The number of carbonyl (C=O) groups excluding carboxylic acids is 1. The van der Waals surface area contributed by atoms with Crippen LogP contribution in [0.1, 0.15) is 25.8 Å². The average molecular weight is 303 g/mol. The number of hydrogen-bond donors (Lipinski definition) is 3. The largest absolute Gasteiger partial charge is 0.416 e. The highest BCUT2D eigenvalue weighted by atomic mass is 19.4. The maximum absolute atomic E-state index is 12.6. The lowest BCUT2D eigenvalue weighted by Gasteiger charge is -2.24. The molecule has 0 atom stereocenters. The number of carbonyl (C=O) groups is 1. The second-order valence-electron chi connectivity index (χ2n) is 5.59. The Morgan fingerprint density at radius 3 is 2.52 bits per heavy atom. The molecule has 1 aromatic rings. The van der Waals surface area contributed by atoms with E-state index in [1.54, 1.807) is 0 Å². The van der Waals surface area contributed by atoms with Crippen LogP contribution in [-0.2, 0) is 6.18 Å². The first-order valence-electron chi connectivity index (χ1n) is 6.56. The molecule has 0 bridgehead atoms. The lowest BCUT2D eigenvalue weighted by Crippen LogP contribution is -2.37. The Kier molecular flexibility index (Phi) is 5.60. The first-order chi connectivity index (χ1) is 9.64. The van der Waals surface area contributed by atoms with Gasteiger partial charge in [-0.3, -0.25) is 0 Å². The highest BCUT2D eigenvalue weighted by Gasteiger charge is 2.30. The molecule has 118 valence electrons. The number of benzene rings is 1. The minimum Gasteiger partial charge on any atom is -0.337 e. The quantitative estimate of drug-likeness (QED) is 0.782. The van der Waals surface area contributed by atoms with Crippen LogP contribution in [0.5, 0.6) is 0 Å². The number of alkyl halides is 3. The second kappa shape index (κ2) is 6.80. The summed E-state index contributed by atoms with van der Waals surface area (Å²) < 4.78 is 37.7. The van der Waals surface area contributed by atoms with Crippen molar-refractivity contribution in [2.24, 2.45) is 11.1 Å². The van der Waals surface area contributed by atoms with Crippen LogP contribution >= 0.6 is 0 Å². The number of amides is 2. The number of urea groups is 1. The molecule has 1 aromatic carbocycles. The molecular weight excluding hydrogens is 283 g/mol. The van der Waals surface area contributed by atoms with Crippen molar-refractivity contribution in [3.05, 3.63) is 29.8 Å². The molecule has 0 aromatic heterocycles. The normalized spacial score (nSPS) is 12.1. The SMILES string of the molecule is CC(C)(CCN)CNC(=O)Nc1cccc(C(F)(F)F)c1. The van der Waals surface area contributed by atoms with Gasteiger partial charge in [0.2, 0.25) is 0 Å². The van der Waals surface area contributed by atoms with E-state index in [0.29, 0.717) is 13.1 Å². The monoisotopic (exact) mass is 303 g/mol. The van der Waals surface area contributed by atoms with Gasteiger partial charge in [-0.25, -0.2) is 4.79 Å². The summed E-state index contributed by atoms with van der Waals surface area (Å²) in [6.45, 7) is 4.79. The Labute approximate surface area is 121 Å². The lowest BCUT2D eigenvalue weighted by atomic mass is 9.89. The van der Waals surface area contributed by atoms with E-state index in [-0.39, 0.29) is 11.1 Å². The van der Waals surface area contributed by atoms with Gasteiger partial charge in [0.25, 0.3) is 0 Å². The lowest BCUT2D eigenvalue weighted by molar-refractivity contribution is -0.137. The van der Waals surface area contributed by atoms with Crippen molar-refractivity contribution in [1.29, 1.82) is 0 Å². The molecule has 0 saturated heterocycles. The number of rotatable bonds is 5. The van der Waals surface area contributed by atoms with Crippen molar-refractivity contribution in [3.63, 3.8) is 0 Å². The molecule has 7 heteroatoms. The first kappa shape index (κ1) is 17.3. The highest BCUT2D eigenvalue weighted by Crippen LogP contribution is 2.30. The van der Waals surface area contributed by atoms with E-state index in [2.05, 4.69) is 10.6 Å². The molecule has 1 rings (SSSR count). The van der Waals surface area contributed by atoms with Gasteiger partial charge in [0.05, 0.1) is 5.56 Å². The van der Waals surface area contributed by atoms with Gasteiger partial charge < -0.3 is 16.4 Å². The summed E-state index contributed by atoms with van der Waals surface area (Å²) in [4.78, 5) is 11.7. The van der Waals surface area contributed by atoms with Crippen molar-refractivity contribution >= 4 is 11.7 Å². The fourth-order valence-electron chi connectivity index (χ4n) is 1.75. The summed E-state index contributed by atoms with van der Waals surface area (Å²) in [5, 5.41) is 5.02. The van der Waals surface area contributed by atoms with Gasteiger partial charge in [0.15, 0.2) is 0 Å². The zero-order chi connectivity index (χ0) is 16.1. The minimum atomic E-state index is -4.43. The molecule has 4 nitrogen and oxygen atoms in total. The molecule has 2 amide bonds. The standard InChI is InChI=1S/C14H20F3N3O/c1-13(2,6-7-18)9-19-12(21)20-11-5-3-4-10(8-11)14(15,16)17/h3-5,8H,6-7,9,18H2,1-2H3,(H2,19,20,21). The maximum Gasteiger partial charge on any atom is 0.416 e. The van der Waals surface area contributed by atoms with E-state index in [1.165, 1.54) is 12.1 Å². The predicted molar refractivity (Wildman–Crippen MR) is 75.9 cm³/mol. The van der Waals surface area contributed by atoms with Crippen LogP contribution in [0.15, 0.2) is 24.3 Å². The molecule has 0 radical (unpaired) electrons. The van der Waals surface area contributed by atoms with E-state index in [4.69, 9.17) is 5.73 Å². The van der Waals surface area contributed by atoms with Crippen LogP contribution in [0.2, 0.25) is 0 Å². The third-order valence-corrected chi connectivity index (χ3v) is 3.00. The Hall–Kier alpha value is -1.76. The van der Waals surface area contributed by atoms with E-state index < -0.39 is 17.8 Å². The molecule has 0 unspecified atom stereocenters. The smallest absolute Gasteiger partial charge is 0.337 e. The Morgan fingerprint density at radius 2 is 1.95 bits per heavy atom. The maximum atomic E-state index is 12.6. The van der Waals surface area contributed by atoms with Crippen LogP contribution in [0.4, 0.5) is 23.7 Å². The predicted octanol–water partition coefficient (Wildman–Crippen LogP) is 3.20. The van der Waals surface area contributed by atoms with E-state index >= 15 is 0 Å². The van der Waals surface area contributed by atoms with E-state index in [1.807, 2.05) is 13.8 Å². The topological polar surface area (TPSA) is 67.1 Å². The fraction of sp³-hybridized carbons (Fsp3) is 0.500. The van der Waals surface area contributed by atoms with Gasteiger partial charge in [-0.2, -0.15) is 13.2 Å². The van der Waals surface area contributed by atoms with Gasteiger partial charge >= 0.3 is 12.2 Å². The minimum absolute atomic E-state index is 0.0963. The van der Waals surface area contributed by atoms with Crippen molar-refractivity contribution < 1.29 is 18.0 Å². The molecular formula is C14H20F3N3O. The highest BCUT2D eigenvalue weighted by molar-refractivity contribution is 5.89. The Bertz CT molecular complexity index is 487. The second-order valence-corrected chi connectivity index (χ2v) is 5.59.